The van der Waals surface area contributed by atoms with E-state index in [1.807, 2.05) is 56.3 Å². The second kappa shape index (κ2) is 7.49. The third-order valence-electron chi connectivity index (χ3n) is 3.90. The van der Waals surface area contributed by atoms with Crippen LogP contribution < -0.4 is 10.6 Å². The number of benzene rings is 2. The lowest BCUT2D eigenvalue weighted by atomic mass is 10.1. The largest absolute Gasteiger partial charge is 0.339 e. The van der Waals surface area contributed by atoms with Gasteiger partial charge in [0, 0.05) is 16.4 Å². The van der Waals surface area contributed by atoms with Crippen molar-refractivity contribution in [3.05, 3.63) is 82.0 Å². The Hall–Kier alpha value is -2.66. The minimum atomic E-state index is -0.194. The van der Waals surface area contributed by atoms with E-state index >= 15 is 0 Å². The normalized spacial score (nSPS) is 10.4. The van der Waals surface area contributed by atoms with Gasteiger partial charge in [-0.3, -0.25) is 4.79 Å². The van der Waals surface area contributed by atoms with E-state index < -0.39 is 0 Å². The average molecular weight is 396 g/mol. The van der Waals surface area contributed by atoms with Crippen molar-refractivity contribution in [3.63, 3.8) is 0 Å². The first-order chi connectivity index (χ1) is 12.1. The van der Waals surface area contributed by atoms with Gasteiger partial charge in [0.25, 0.3) is 5.91 Å². The van der Waals surface area contributed by atoms with Crippen molar-refractivity contribution in [1.29, 1.82) is 0 Å². The first-order valence-electron chi connectivity index (χ1n) is 7.90. The van der Waals surface area contributed by atoms with Gasteiger partial charge in [-0.25, -0.2) is 4.98 Å². The predicted molar refractivity (Wildman–Crippen MR) is 106 cm³/mol. The van der Waals surface area contributed by atoms with E-state index in [0.29, 0.717) is 11.4 Å². The molecule has 0 fully saturated rings. The zero-order valence-electron chi connectivity index (χ0n) is 14.0. The molecule has 25 heavy (non-hydrogen) atoms. The zero-order chi connectivity index (χ0) is 17.8. The molecule has 4 nitrogen and oxygen atoms in total. The fourth-order valence-corrected chi connectivity index (χ4v) is 2.95. The van der Waals surface area contributed by atoms with Crippen molar-refractivity contribution in [2.45, 2.75) is 13.8 Å². The maximum atomic E-state index is 12.8. The second-order valence-electron chi connectivity index (χ2n) is 5.73. The number of rotatable bonds is 4. The van der Waals surface area contributed by atoms with E-state index in [1.165, 1.54) is 0 Å². The van der Waals surface area contributed by atoms with Crippen LogP contribution in [0.25, 0.3) is 0 Å². The summed E-state index contributed by atoms with van der Waals surface area (Å²) in [5, 5.41) is 6.22. The Morgan fingerprint density at radius 3 is 2.40 bits per heavy atom. The standard InChI is InChI=1S/C20H18BrN3O/c1-13-7-5-8-14(2)18(13)24-20(25)15-9-6-12-22-19(15)23-17-11-4-3-10-16(17)21/h3-12H,1-2H3,(H,22,23)(H,24,25). The number of para-hydroxylation sites is 2. The maximum Gasteiger partial charge on any atom is 0.259 e. The van der Waals surface area contributed by atoms with E-state index in [-0.39, 0.29) is 5.91 Å². The number of aromatic nitrogens is 1. The highest BCUT2D eigenvalue weighted by molar-refractivity contribution is 9.10. The molecule has 0 atom stereocenters. The third kappa shape index (κ3) is 3.88. The van der Waals surface area contributed by atoms with Gasteiger partial charge in [0.1, 0.15) is 5.82 Å². The van der Waals surface area contributed by atoms with Crippen molar-refractivity contribution < 1.29 is 4.79 Å². The molecule has 1 heterocycles. The fourth-order valence-electron chi connectivity index (χ4n) is 2.57. The lowest BCUT2D eigenvalue weighted by molar-refractivity contribution is 0.102. The number of amides is 1. The van der Waals surface area contributed by atoms with Gasteiger partial charge in [-0.15, -0.1) is 0 Å². The van der Waals surface area contributed by atoms with Crippen molar-refractivity contribution in [1.82, 2.24) is 4.98 Å². The molecule has 1 amide bonds. The molecule has 5 heteroatoms. The van der Waals surface area contributed by atoms with Crippen LogP contribution in [0, 0.1) is 13.8 Å². The molecule has 1 aromatic heterocycles. The summed E-state index contributed by atoms with van der Waals surface area (Å²) in [5.41, 5.74) is 4.22. The third-order valence-corrected chi connectivity index (χ3v) is 4.59. The number of aryl methyl sites for hydroxylation is 2. The lowest BCUT2D eigenvalue weighted by Crippen LogP contribution is -2.16. The number of nitrogens with one attached hydrogen (secondary N) is 2. The number of hydrogen-bond acceptors (Lipinski definition) is 3. The van der Waals surface area contributed by atoms with E-state index in [4.69, 9.17) is 0 Å². The first kappa shape index (κ1) is 17.2. The topological polar surface area (TPSA) is 54.0 Å². The van der Waals surface area contributed by atoms with Crippen molar-refractivity contribution in [2.24, 2.45) is 0 Å². The molecular formula is C20H18BrN3O. The number of halogens is 1. The highest BCUT2D eigenvalue weighted by Crippen LogP contribution is 2.27. The molecule has 3 aromatic rings. The van der Waals surface area contributed by atoms with Crippen LogP contribution in [0.3, 0.4) is 0 Å². The Bertz CT molecular complexity index is 904. The van der Waals surface area contributed by atoms with Crippen LogP contribution in [0.15, 0.2) is 65.3 Å². The van der Waals surface area contributed by atoms with Gasteiger partial charge in [0.05, 0.1) is 11.3 Å². The monoisotopic (exact) mass is 395 g/mol. The summed E-state index contributed by atoms with van der Waals surface area (Å²) in [7, 11) is 0. The van der Waals surface area contributed by atoms with E-state index in [1.54, 1.807) is 18.3 Å². The van der Waals surface area contributed by atoms with Gasteiger partial charge >= 0.3 is 0 Å². The molecule has 0 aliphatic heterocycles. The second-order valence-corrected chi connectivity index (χ2v) is 6.58. The molecule has 0 aliphatic rings. The van der Waals surface area contributed by atoms with Gasteiger partial charge in [0.2, 0.25) is 0 Å². The molecule has 0 spiro atoms. The summed E-state index contributed by atoms with van der Waals surface area (Å²) in [4.78, 5) is 17.1. The molecule has 2 N–H and O–H groups in total. The smallest absolute Gasteiger partial charge is 0.259 e. The Morgan fingerprint density at radius 2 is 1.68 bits per heavy atom. The van der Waals surface area contributed by atoms with Gasteiger partial charge in [-0.1, -0.05) is 30.3 Å². The highest BCUT2D eigenvalue weighted by atomic mass is 79.9. The number of carbonyl (C=O) groups is 1. The van der Waals surface area contributed by atoms with Gasteiger partial charge < -0.3 is 10.6 Å². The number of nitrogens with zero attached hydrogens (tertiary/aromatic N) is 1. The number of pyridine rings is 1. The average Bonchev–Trinajstić information content (AvgIpc) is 2.60. The summed E-state index contributed by atoms with van der Waals surface area (Å²) in [6, 6.07) is 17.2. The van der Waals surface area contributed by atoms with E-state index in [2.05, 4.69) is 31.5 Å². The first-order valence-corrected chi connectivity index (χ1v) is 8.69. The van der Waals surface area contributed by atoms with Crippen LogP contribution in [-0.2, 0) is 0 Å². The van der Waals surface area contributed by atoms with Crippen LogP contribution in [0.2, 0.25) is 0 Å². The Morgan fingerprint density at radius 1 is 0.960 bits per heavy atom. The quantitative estimate of drug-likeness (QED) is 0.616. The summed E-state index contributed by atoms with van der Waals surface area (Å²) in [6.07, 6.45) is 1.66. The predicted octanol–water partition coefficient (Wildman–Crippen LogP) is 5.46. The number of carbonyl (C=O) groups excluding carboxylic acids is 1. The van der Waals surface area contributed by atoms with Gasteiger partial charge in [-0.05, 0) is 65.2 Å². The van der Waals surface area contributed by atoms with Crippen LogP contribution >= 0.6 is 15.9 Å². The van der Waals surface area contributed by atoms with Gasteiger partial charge in [0.15, 0.2) is 0 Å². The lowest BCUT2D eigenvalue weighted by Gasteiger charge is -2.14. The summed E-state index contributed by atoms with van der Waals surface area (Å²) >= 11 is 3.50. The van der Waals surface area contributed by atoms with Crippen LogP contribution in [-0.4, -0.2) is 10.9 Å². The summed E-state index contributed by atoms with van der Waals surface area (Å²) in [6.45, 7) is 3.96. The molecule has 0 saturated carbocycles. The molecule has 0 radical (unpaired) electrons. The molecule has 0 saturated heterocycles. The SMILES string of the molecule is Cc1cccc(C)c1NC(=O)c1cccnc1Nc1ccccc1Br. The van der Waals surface area contributed by atoms with Crippen molar-refractivity contribution in [2.75, 3.05) is 10.6 Å². The highest BCUT2D eigenvalue weighted by Gasteiger charge is 2.15. The summed E-state index contributed by atoms with van der Waals surface area (Å²) < 4.78 is 0.904. The van der Waals surface area contributed by atoms with Crippen LogP contribution in [0.4, 0.5) is 17.2 Å². The molecule has 0 unspecified atom stereocenters. The Labute approximate surface area is 155 Å². The van der Waals surface area contributed by atoms with Crippen LogP contribution in [0.1, 0.15) is 21.5 Å². The van der Waals surface area contributed by atoms with Crippen LogP contribution in [0.5, 0.6) is 0 Å². The molecule has 0 bridgehead atoms. The van der Waals surface area contributed by atoms with Gasteiger partial charge in [-0.2, -0.15) is 0 Å². The molecule has 2 aromatic carbocycles. The minimum Gasteiger partial charge on any atom is -0.339 e. The molecule has 3 rings (SSSR count). The number of hydrogen-bond donors (Lipinski definition) is 2. The fraction of sp³-hybridized carbons (Fsp3) is 0.100. The Balaban J connectivity index is 1.90. The number of anilines is 3. The molecule has 126 valence electrons. The van der Waals surface area contributed by atoms with E-state index in [0.717, 1.165) is 27.0 Å². The molecular weight excluding hydrogens is 378 g/mol. The summed E-state index contributed by atoms with van der Waals surface area (Å²) in [5.74, 6) is 0.318. The van der Waals surface area contributed by atoms with Crippen molar-refractivity contribution >= 4 is 39.0 Å². The molecule has 0 aliphatic carbocycles. The maximum absolute atomic E-state index is 12.8. The minimum absolute atomic E-state index is 0.194. The van der Waals surface area contributed by atoms with Crippen molar-refractivity contribution in [3.8, 4) is 0 Å². The zero-order valence-corrected chi connectivity index (χ0v) is 15.6. The Kier molecular flexibility index (Phi) is 5.14. The van der Waals surface area contributed by atoms with E-state index in [9.17, 15) is 4.79 Å².